The van der Waals surface area contributed by atoms with Crippen LogP contribution >= 0.6 is 0 Å². The van der Waals surface area contributed by atoms with E-state index in [0.29, 0.717) is 32.0 Å². The SMILES string of the molecule is COc1ccc(CNC(=O)CCCC(C)Oc2ccc3c(c2)CN2CC(=O)NC2=N3)cc1. The molecular weight excluding hydrogens is 408 g/mol. The number of nitrogens with one attached hydrogen (secondary N) is 2. The van der Waals surface area contributed by atoms with Crippen molar-refractivity contribution >= 4 is 23.5 Å². The maximum atomic E-state index is 12.1. The van der Waals surface area contributed by atoms with Gasteiger partial charge in [-0.05, 0) is 55.7 Å². The molecule has 2 aromatic rings. The van der Waals surface area contributed by atoms with Gasteiger partial charge in [-0.15, -0.1) is 0 Å². The van der Waals surface area contributed by atoms with Gasteiger partial charge in [0.05, 0.1) is 18.9 Å². The Labute approximate surface area is 187 Å². The lowest BCUT2D eigenvalue weighted by molar-refractivity contribution is -0.121. The molecule has 8 nitrogen and oxygen atoms in total. The van der Waals surface area contributed by atoms with Crippen LogP contribution in [-0.4, -0.2) is 42.4 Å². The number of aliphatic imine (C=N–C) groups is 1. The summed E-state index contributed by atoms with van der Waals surface area (Å²) in [6.07, 6.45) is 1.97. The highest BCUT2D eigenvalue weighted by Crippen LogP contribution is 2.31. The average molecular weight is 437 g/mol. The first-order valence-corrected chi connectivity index (χ1v) is 10.8. The van der Waals surface area contributed by atoms with Crippen LogP contribution in [0.5, 0.6) is 11.5 Å². The van der Waals surface area contributed by atoms with Crippen LogP contribution in [0.2, 0.25) is 0 Å². The minimum absolute atomic E-state index is 0.0138. The second kappa shape index (κ2) is 9.72. The van der Waals surface area contributed by atoms with Gasteiger partial charge < -0.3 is 19.7 Å². The van der Waals surface area contributed by atoms with Gasteiger partial charge in [-0.1, -0.05) is 12.1 Å². The van der Waals surface area contributed by atoms with Crippen LogP contribution in [0.4, 0.5) is 5.69 Å². The third kappa shape index (κ3) is 5.38. The lowest BCUT2D eigenvalue weighted by Crippen LogP contribution is -2.32. The predicted molar refractivity (Wildman–Crippen MR) is 121 cm³/mol. The van der Waals surface area contributed by atoms with Gasteiger partial charge in [0.15, 0.2) is 0 Å². The van der Waals surface area contributed by atoms with E-state index in [9.17, 15) is 9.59 Å². The molecule has 32 heavy (non-hydrogen) atoms. The van der Waals surface area contributed by atoms with Crippen LogP contribution in [0, 0.1) is 0 Å². The van der Waals surface area contributed by atoms with E-state index in [1.807, 2.05) is 54.3 Å². The fraction of sp³-hybridized carbons (Fsp3) is 0.375. The van der Waals surface area contributed by atoms with Crippen LogP contribution in [0.1, 0.15) is 37.3 Å². The molecule has 2 aliphatic heterocycles. The van der Waals surface area contributed by atoms with Crippen LogP contribution < -0.4 is 20.1 Å². The first-order valence-electron chi connectivity index (χ1n) is 10.8. The average Bonchev–Trinajstić information content (AvgIpc) is 3.15. The Morgan fingerprint density at radius 1 is 1.19 bits per heavy atom. The van der Waals surface area contributed by atoms with E-state index < -0.39 is 0 Å². The monoisotopic (exact) mass is 436 g/mol. The van der Waals surface area contributed by atoms with E-state index in [1.165, 1.54) is 0 Å². The second-order valence-corrected chi connectivity index (χ2v) is 8.08. The first-order chi connectivity index (χ1) is 15.5. The van der Waals surface area contributed by atoms with Crippen molar-refractivity contribution in [3.63, 3.8) is 0 Å². The molecule has 0 spiro atoms. The van der Waals surface area contributed by atoms with Crippen molar-refractivity contribution in [3.8, 4) is 11.5 Å². The fourth-order valence-electron chi connectivity index (χ4n) is 3.79. The highest BCUT2D eigenvalue weighted by Gasteiger charge is 2.29. The Hall–Kier alpha value is -3.55. The molecule has 2 aliphatic rings. The molecule has 2 heterocycles. The van der Waals surface area contributed by atoms with Gasteiger partial charge >= 0.3 is 0 Å². The lowest BCUT2D eigenvalue weighted by atomic mass is 10.1. The molecule has 8 heteroatoms. The fourth-order valence-corrected chi connectivity index (χ4v) is 3.79. The van der Waals surface area contributed by atoms with Gasteiger partial charge in [0, 0.05) is 25.1 Å². The molecule has 168 valence electrons. The van der Waals surface area contributed by atoms with Crippen LogP contribution in [0.25, 0.3) is 0 Å². The molecule has 2 aromatic carbocycles. The Morgan fingerprint density at radius 2 is 1.97 bits per heavy atom. The standard InChI is InChI=1S/C24H28N4O4/c1-16(4-3-5-22(29)25-13-17-6-8-19(31-2)9-7-17)32-20-10-11-21-18(12-20)14-28-15-23(30)27-24(28)26-21/h6-12,16H,3-5,13-15H2,1-2H3,(H,25,29)(H,26,27,30). The number of carbonyl (C=O) groups excluding carboxylic acids is 2. The number of ether oxygens (including phenoxy) is 2. The first kappa shape index (κ1) is 21.7. The molecule has 2 N–H and O–H groups in total. The predicted octanol–water partition coefficient (Wildman–Crippen LogP) is 2.88. The Bertz CT molecular complexity index is 1020. The van der Waals surface area contributed by atoms with E-state index in [1.54, 1.807) is 7.11 Å². The van der Waals surface area contributed by atoms with Crippen molar-refractivity contribution in [1.82, 2.24) is 15.5 Å². The van der Waals surface area contributed by atoms with Gasteiger partial charge in [-0.3, -0.25) is 14.9 Å². The third-order valence-electron chi connectivity index (χ3n) is 5.52. The molecule has 0 radical (unpaired) electrons. The summed E-state index contributed by atoms with van der Waals surface area (Å²) in [5, 5.41) is 5.72. The Kier molecular flexibility index (Phi) is 6.58. The number of amides is 2. The van der Waals surface area contributed by atoms with Crippen molar-refractivity contribution in [1.29, 1.82) is 0 Å². The number of carbonyl (C=O) groups is 2. The maximum absolute atomic E-state index is 12.1. The van der Waals surface area contributed by atoms with Gasteiger partial charge in [0.2, 0.25) is 17.8 Å². The number of hydrogen-bond donors (Lipinski definition) is 2. The molecule has 0 aromatic heterocycles. The van der Waals surface area contributed by atoms with Crippen molar-refractivity contribution < 1.29 is 19.1 Å². The van der Waals surface area contributed by atoms with Crippen LogP contribution in [0.3, 0.4) is 0 Å². The van der Waals surface area contributed by atoms with E-state index in [4.69, 9.17) is 9.47 Å². The van der Waals surface area contributed by atoms with Crippen molar-refractivity contribution in [2.24, 2.45) is 4.99 Å². The molecule has 1 atom stereocenters. The topological polar surface area (TPSA) is 92.3 Å². The number of hydrogen-bond acceptors (Lipinski definition) is 6. The van der Waals surface area contributed by atoms with E-state index in [2.05, 4.69) is 15.6 Å². The lowest BCUT2D eigenvalue weighted by Gasteiger charge is -2.23. The number of benzene rings is 2. The van der Waals surface area contributed by atoms with Crippen molar-refractivity contribution in [2.75, 3.05) is 13.7 Å². The molecule has 4 rings (SSSR count). The van der Waals surface area contributed by atoms with Crippen molar-refractivity contribution in [2.45, 2.75) is 45.4 Å². The summed E-state index contributed by atoms with van der Waals surface area (Å²) >= 11 is 0. The molecule has 1 saturated heterocycles. The molecule has 1 fully saturated rings. The van der Waals surface area contributed by atoms with Crippen LogP contribution in [-0.2, 0) is 22.7 Å². The summed E-state index contributed by atoms with van der Waals surface area (Å²) in [4.78, 5) is 30.1. The highest BCUT2D eigenvalue weighted by atomic mass is 16.5. The smallest absolute Gasteiger partial charge is 0.246 e. The minimum Gasteiger partial charge on any atom is -0.497 e. The number of methoxy groups -OCH3 is 1. The summed E-state index contributed by atoms with van der Waals surface area (Å²) in [6.45, 7) is 3.48. The van der Waals surface area contributed by atoms with Gasteiger partial charge in [-0.2, -0.15) is 0 Å². The summed E-state index contributed by atoms with van der Waals surface area (Å²) in [7, 11) is 1.63. The third-order valence-corrected chi connectivity index (χ3v) is 5.52. The zero-order chi connectivity index (χ0) is 22.5. The summed E-state index contributed by atoms with van der Waals surface area (Å²) in [5.41, 5.74) is 2.92. The van der Waals surface area contributed by atoms with Gasteiger partial charge in [0.1, 0.15) is 18.0 Å². The largest absolute Gasteiger partial charge is 0.497 e. The summed E-state index contributed by atoms with van der Waals surface area (Å²) < 4.78 is 11.2. The zero-order valence-electron chi connectivity index (χ0n) is 18.4. The summed E-state index contributed by atoms with van der Waals surface area (Å²) in [5.74, 6) is 2.19. The number of rotatable bonds is 9. The van der Waals surface area contributed by atoms with Crippen LogP contribution in [0.15, 0.2) is 47.5 Å². The normalized spacial score (nSPS) is 15.2. The quantitative estimate of drug-likeness (QED) is 0.631. The molecule has 2 amide bonds. The van der Waals surface area contributed by atoms with E-state index in [-0.39, 0.29) is 17.9 Å². The maximum Gasteiger partial charge on any atom is 0.246 e. The van der Waals surface area contributed by atoms with E-state index >= 15 is 0 Å². The molecule has 0 bridgehead atoms. The number of nitrogens with zero attached hydrogens (tertiary/aromatic N) is 2. The Balaban J connectivity index is 1.19. The van der Waals surface area contributed by atoms with Gasteiger partial charge in [0.25, 0.3) is 0 Å². The molecule has 0 aliphatic carbocycles. The second-order valence-electron chi connectivity index (χ2n) is 8.08. The highest BCUT2D eigenvalue weighted by molar-refractivity contribution is 6.05. The number of fused-ring (bicyclic) bond motifs is 2. The summed E-state index contributed by atoms with van der Waals surface area (Å²) in [6, 6.07) is 13.4. The van der Waals surface area contributed by atoms with Gasteiger partial charge in [-0.25, -0.2) is 4.99 Å². The van der Waals surface area contributed by atoms with Crippen molar-refractivity contribution in [3.05, 3.63) is 53.6 Å². The number of guanidine groups is 1. The minimum atomic E-state index is -0.0327. The van der Waals surface area contributed by atoms with E-state index in [0.717, 1.165) is 41.2 Å². The Morgan fingerprint density at radius 3 is 2.75 bits per heavy atom. The molecular formula is C24H28N4O4. The zero-order valence-corrected chi connectivity index (χ0v) is 18.4. The molecule has 0 saturated carbocycles. The molecule has 1 unspecified atom stereocenters.